The van der Waals surface area contributed by atoms with Crippen molar-refractivity contribution in [3.05, 3.63) is 71.0 Å². The minimum Gasteiger partial charge on any atom is -0.327 e. The topological polar surface area (TPSA) is 26.0 Å². The minimum atomic E-state index is -0.199. The Morgan fingerprint density at radius 3 is 2.40 bits per heavy atom. The molecule has 1 unspecified atom stereocenters. The van der Waals surface area contributed by atoms with Crippen LogP contribution in [0, 0.1) is 12.7 Å². The molecular weight excluding hydrogens is 249 g/mol. The number of hydrogen-bond donors (Lipinski definition) is 1. The lowest BCUT2D eigenvalue weighted by Crippen LogP contribution is -2.42. The van der Waals surface area contributed by atoms with Crippen molar-refractivity contribution in [2.75, 3.05) is 0 Å². The predicted molar refractivity (Wildman–Crippen MR) is 82.3 cm³/mol. The Morgan fingerprint density at radius 2 is 1.75 bits per heavy atom. The Bertz CT molecular complexity index is 575. The van der Waals surface area contributed by atoms with E-state index in [0.717, 1.165) is 11.1 Å². The highest BCUT2D eigenvalue weighted by Gasteiger charge is 2.28. The lowest BCUT2D eigenvalue weighted by Gasteiger charge is -2.32. The molecule has 0 saturated carbocycles. The zero-order valence-corrected chi connectivity index (χ0v) is 12.4. The van der Waals surface area contributed by atoms with Gasteiger partial charge in [0.05, 0.1) is 0 Å². The molecule has 0 aliphatic rings. The number of benzene rings is 2. The fourth-order valence-corrected chi connectivity index (χ4v) is 2.43. The SMILES string of the molecule is Cc1ccc(F)cc1CC(N)C(C)(C)c1ccccc1. The highest BCUT2D eigenvalue weighted by Crippen LogP contribution is 2.28. The number of rotatable bonds is 4. The van der Waals surface area contributed by atoms with Crippen LogP contribution < -0.4 is 5.73 Å². The normalized spacial score (nSPS) is 13.2. The van der Waals surface area contributed by atoms with Gasteiger partial charge in [-0.25, -0.2) is 4.39 Å². The van der Waals surface area contributed by atoms with Gasteiger partial charge >= 0.3 is 0 Å². The zero-order valence-electron chi connectivity index (χ0n) is 12.4. The summed E-state index contributed by atoms with van der Waals surface area (Å²) < 4.78 is 13.4. The molecule has 0 spiro atoms. The van der Waals surface area contributed by atoms with Crippen molar-refractivity contribution in [2.45, 2.75) is 38.6 Å². The van der Waals surface area contributed by atoms with Gasteiger partial charge < -0.3 is 5.73 Å². The molecule has 2 heteroatoms. The highest BCUT2D eigenvalue weighted by molar-refractivity contribution is 5.31. The molecule has 0 fully saturated rings. The number of aryl methyl sites for hydroxylation is 1. The molecule has 1 nitrogen and oxygen atoms in total. The maximum Gasteiger partial charge on any atom is 0.123 e. The van der Waals surface area contributed by atoms with Crippen molar-refractivity contribution in [1.29, 1.82) is 0 Å². The van der Waals surface area contributed by atoms with Crippen LogP contribution in [0.15, 0.2) is 48.5 Å². The smallest absolute Gasteiger partial charge is 0.123 e. The summed E-state index contributed by atoms with van der Waals surface area (Å²) in [6, 6.07) is 15.1. The first kappa shape index (κ1) is 14.7. The molecule has 0 radical (unpaired) electrons. The summed E-state index contributed by atoms with van der Waals surface area (Å²) in [5, 5.41) is 0. The molecule has 0 amide bonds. The van der Waals surface area contributed by atoms with Gasteiger partial charge in [-0.2, -0.15) is 0 Å². The maximum atomic E-state index is 13.4. The molecule has 2 rings (SSSR count). The van der Waals surface area contributed by atoms with Gasteiger partial charge in [0, 0.05) is 11.5 Å². The molecule has 20 heavy (non-hydrogen) atoms. The Labute approximate surface area is 120 Å². The summed E-state index contributed by atoms with van der Waals surface area (Å²) in [5.74, 6) is -0.199. The highest BCUT2D eigenvalue weighted by atomic mass is 19.1. The lowest BCUT2D eigenvalue weighted by molar-refractivity contribution is 0.405. The van der Waals surface area contributed by atoms with Crippen LogP contribution in [0.4, 0.5) is 4.39 Å². The molecule has 0 bridgehead atoms. The van der Waals surface area contributed by atoms with E-state index < -0.39 is 0 Å². The van der Waals surface area contributed by atoms with Crippen molar-refractivity contribution in [2.24, 2.45) is 5.73 Å². The van der Waals surface area contributed by atoms with Crippen LogP contribution in [0.1, 0.15) is 30.5 Å². The molecule has 106 valence electrons. The van der Waals surface area contributed by atoms with Gasteiger partial charge in [0.1, 0.15) is 5.82 Å². The molecule has 2 N–H and O–H groups in total. The van der Waals surface area contributed by atoms with Crippen molar-refractivity contribution >= 4 is 0 Å². The molecule has 0 aliphatic carbocycles. The summed E-state index contributed by atoms with van der Waals surface area (Å²) in [5.41, 5.74) is 9.55. The third-order valence-electron chi connectivity index (χ3n) is 4.20. The summed E-state index contributed by atoms with van der Waals surface area (Å²) >= 11 is 0. The fraction of sp³-hybridized carbons (Fsp3) is 0.333. The van der Waals surface area contributed by atoms with Gasteiger partial charge in [-0.3, -0.25) is 0 Å². The van der Waals surface area contributed by atoms with E-state index in [2.05, 4.69) is 26.0 Å². The van der Waals surface area contributed by atoms with Gasteiger partial charge in [0.2, 0.25) is 0 Å². The third-order valence-corrected chi connectivity index (χ3v) is 4.20. The number of nitrogens with two attached hydrogens (primary N) is 1. The van der Waals surface area contributed by atoms with E-state index in [9.17, 15) is 4.39 Å². The lowest BCUT2D eigenvalue weighted by atomic mass is 9.75. The number of hydrogen-bond acceptors (Lipinski definition) is 1. The Kier molecular flexibility index (Phi) is 4.24. The second kappa shape index (κ2) is 5.76. The zero-order chi connectivity index (χ0) is 14.8. The van der Waals surface area contributed by atoms with E-state index in [1.165, 1.54) is 11.6 Å². The van der Waals surface area contributed by atoms with E-state index in [-0.39, 0.29) is 17.3 Å². The standard InChI is InChI=1S/C18H22FN/c1-13-9-10-16(19)11-14(13)12-17(20)18(2,3)15-7-5-4-6-8-15/h4-11,17H,12,20H2,1-3H3. The van der Waals surface area contributed by atoms with Gasteiger partial charge in [-0.1, -0.05) is 50.2 Å². The quantitative estimate of drug-likeness (QED) is 0.894. The van der Waals surface area contributed by atoms with Crippen LogP contribution in [0.5, 0.6) is 0 Å². The van der Waals surface area contributed by atoms with Crippen molar-refractivity contribution < 1.29 is 4.39 Å². The van der Waals surface area contributed by atoms with Crippen molar-refractivity contribution in [3.8, 4) is 0 Å². The molecule has 1 atom stereocenters. The second-order valence-electron chi connectivity index (χ2n) is 5.97. The van der Waals surface area contributed by atoms with E-state index in [4.69, 9.17) is 5.73 Å². The van der Waals surface area contributed by atoms with Crippen LogP contribution in [-0.2, 0) is 11.8 Å². The fourth-order valence-electron chi connectivity index (χ4n) is 2.43. The van der Waals surface area contributed by atoms with E-state index in [1.54, 1.807) is 6.07 Å². The van der Waals surface area contributed by atoms with E-state index >= 15 is 0 Å². The summed E-state index contributed by atoms with van der Waals surface area (Å²) in [6.07, 6.45) is 0.672. The van der Waals surface area contributed by atoms with Gasteiger partial charge in [0.15, 0.2) is 0 Å². The summed E-state index contributed by atoms with van der Waals surface area (Å²) in [7, 11) is 0. The first-order valence-corrected chi connectivity index (χ1v) is 6.97. The molecule has 2 aromatic carbocycles. The van der Waals surface area contributed by atoms with E-state index in [0.29, 0.717) is 6.42 Å². The van der Waals surface area contributed by atoms with Crippen LogP contribution in [0.25, 0.3) is 0 Å². The molecule has 0 aliphatic heterocycles. The third kappa shape index (κ3) is 3.07. The first-order chi connectivity index (χ1) is 9.41. The molecule has 0 heterocycles. The maximum absolute atomic E-state index is 13.4. The first-order valence-electron chi connectivity index (χ1n) is 6.97. The van der Waals surface area contributed by atoms with Crippen LogP contribution in [0.2, 0.25) is 0 Å². The largest absolute Gasteiger partial charge is 0.327 e. The molecule has 0 saturated heterocycles. The second-order valence-corrected chi connectivity index (χ2v) is 5.97. The average molecular weight is 271 g/mol. The Morgan fingerprint density at radius 1 is 1.10 bits per heavy atom. The van der Waals surface area contributed by atoms with Crippen molar-refractivity contribution in [1.82, 2.24) is 0 Å². The molecule has 2 aromatic rings. The average Bonchev–Trinajstić information content (AvgIpc) is 2.43. The van der Waals surface area contributed by atoms with Crippen LogP contribution in [-0.4, -0.2) is 6.04 Å². The van der Waals surface area contributed by atoms with Crippen LogP contribution in [0.3, 0.4) is 0 Å². The monoisotopic (exact) mass is 271 g/mol. The minimum absolute atomic E-state index is 0.0644. The molecular formula is C18H22FN. The Hall–Kier alpha value is -1.67. The predicted octanol–water partition coefficient (Wildman–Crippen LogP) is 3.98. The summed E-state index contributed by atoms with van der Waals surface area (Å²) in [6.45, 7) is 6.28. The van der Waals surface area contributed by atoms with Crippen LogP contribution >= 0.6 is 0 Å². The van der Waals surface area contributed by atoms with Gasteiger partial charge in [0.25, 0.3) is 0 Å². The van der Waals surface area contributed by atoms with Crippen molar-refractivity contribution in [3.63, 3.8) is 0 Å². The summed E-state index contributed by atoms with van der Waals surface area (Å²) in [4.78, 5) is 0. The van der Waals surface area contributed by atoms with Gasteiger partial charge in [-0.05, 0) is 42.2 Å². The van der Waals surface area contributed by atoms with E-state index in [1.807, 2.05) is 31.2 Å². The number of halogens is 1. The molecule has 0 aromatic heterocycles. The van der Waals surface area contributed by atoms with Gasteiger partial charge in [-0.15, -0.1) is 0 Å². The Balaban J connectivity index is 2.23.